The number of rotatable bonds is 10. The zero-order valence-electron chi connectivity index (χ0n) is 9.77. The number of esters is 1. The van der Waals surface area contributed by atoms with E-state index in [1.54, 1.807) is 0 Å². The van der Waals surface area contributed by atoms with Gasteiger partial charge in [-0.15, -0.1) is 0 Å². The molecule has 0 atom stereocenters. The first-order valence-electron chi connectivity index (χ1n) is 6.02. The molecule has 0 aromatic carbocycles. The van der Waals surface area contributed by atoms with E-state index in [9.17, 15) is 9.18 Å². The molecule has 0 amide bonds. The maximum atomic E-state index is 11.6. The van der Waals surface area contributed by atoms with Crippen LogP contribution in [-0.2, 0) is 9.53 Å². The third kappa shape index (κ3) is 11.3. The maximum absolute atomic E-state index is 11.6. The van der Waals surface area contributed by atoms with Gasteiger partial charge in [0, 0.05) is 6.42 Å². The molecule has 3 heteroatoms. The lowest BCUT2D eigenvalue weighted by molar-refractivity contribution is -0.144. The molecule has 15 heavy (non-hydrogen) atoms. The molecule has 0 spiro atoms. The first kappa shape index (κ1) is 14.4. The smallest absolute Gasteiger partial charge is 0.305 e. The van der Waals surface area contributed by atoms with E-state index in [1.165, 1.54) is 32.1 Å². The Labute approximate surface area is 92.2 Å². The highest BCUT2D eigenvalue weighted by atomic mass is 19.1. The standard InChI is InChI=1S/C12H23FO2/c1-2-3-4-5-6-7-8-9-12(14)15-11-10-13/h2-11H2,1H3. The normalized spacial score (nSPS) is 10.3. The Morgan fingerprint density at radius 3 is 2.27 bits per heavy atom. The van der Waals surface area contributed by atoms with Crippen LogP contribution in [0.1, 0.15) is 58.3 Å². The van der Waals surface area contributed by atoms with Gasteiger partial charge >= 0.3 is 5.97 Å². The Balaban J connectivity index is 3.06. The number of carbonyl (C=O) groups excluding carboxylic acids is 1. The van der Waals surface area contributed by atoms with E-state index in [0.29, 0.717) is 6.42 Å². The number of hydrogen-bond acceptors (Lipinski definition) is 2. The quantitative estimate of drug-likeness (QED) is 0.413. The molecule has 0 saturated heterocycles. The van der Waals surface area contributed by atoms with Crippen LogP contribution in [0.5, 0.6) is 0 Å². The lowest BCUT2D eigenvalue weighted by atomic mass is 10.1. The number of carbonyl (C=O) groups is 1. The van der Waals surface area contributed by atoms with Gasteiger partial charge in [-0.1, -0.05) is 45.4 Å². The molecule has 2 nitrogen and oxygen atoms in total. The fourth-order valence-electron chi connectivity index (χ4n) is 1.45. The number of hydrogen-bond donors (Lipinski definition) is 0. The topological polar surface area (TPSA) is 26.3 Å². The minimum Gasteiger partial charge on any atom is -0.463 e. The Morgan fingerprint density at radius 1 is 1.07 bits per heavy atom. The summed E-state index contributed by atoms with van der Waals surface area (Å²) < 4.78 is 16.3. The first-order chi connectivity index (χ1) is 7.31. The van der Waals surface area contributed by atoms with E-state index in [2.05, 4.69) is 11.7 Å². The Bertz CT molecular complexity index is 149. The van der Waals surface area contributed by atoms with Gasteiger partial charge in [-0.3, -0.25) is 4.79 Å². The summed E-state index contributed by atoms with van der Waals surface area (Å²) in [7, 11) is 0. The van der Waals surface area contributed by atoms with Gasteiger partial charge < -0.3 is 4.74 Å². The third-order valence-electron chi connectivity index (χ3n) is 2.32. The van der Waals surface area contributed by atoms with Gasteiger partial charge in [0.2, 0.25) is 0 Å². The van der Waals surface area contributed by atoms with Crippen LogP contribution in [0.3, 0.4) is 0 Å². The predicted molar refractivity (Wildman–Crippen MR) is 59.5 cm³/mol. The van der Waals surface area contributed by atoms with Crippen molar-refractivity contribution in [3.63, 3.8) is 0 Å². The number of unbranched alkanes of at least 4 members (excludes halogenated alkanes) is 6. The maximum Gasteiger partial charge on any atom is 0.305 e. The third-order valence-corrected chi connectivity index (χ3v) is 2.32. The van der Waals surface area contributed by atoms with Gasteiger partial charge in [0.1, 0.15) is 13.3 Å². The van der Waals surface area contributed by atoms with Crippen molar-refractivity contribution in [2.75, 3.05) is 13.3 Å². The van der Waals surface area contributed by atoms with Crippen molar-refractivity contribution in [2.24, 2.45) is 0 Å². The van der Waals surface area contributed by atoms with E-state index in [-0.39, 0.29) is 12.6 Å². The second kappa shape index (κ2) is 11.5. The molecular formula is C12H23FO2. The Hall–Kier alpha value is -0.600. The molecular weight excluding hydrogens is 195 g/mol. The summed E-state index contributed by atoms with van der Waals surface area (Å²) in [6.45, 7) is 1.53. The van der Waals surface area contributed by atoms with E-state index < -0.39 is 6.67 Å². The van der Waals surface area contributed by atoms with Crippen LogP contribution in [0.15, 0.2) is 0 Å². The SMILES string of the molecule is CCCCCCCCCC(=O)OCCF. The Kier molecular flexibility index (Phi) is 11.0. The highest BCUT2D eigenvalue weighted by Crippen LogP contribution is 2.08. The highest BCUT2D eigenvalue weighted by molar-refractivity contribution is 5.69. The van der Waals surface area contributed by atoms with Crippen LogP contribution in [0.25, 0.3) is 0 Å². The summed E-state index contributed by atoms with van der Waals surface area (Å²) in [5.74, 6) is -0.263. The summed E-state index contributed by atoms with van der Waals surface area (Å²) in [5.41, 5.74) is 0. The van der Waals surface area contributed by atoms with Gasteiger partial charge in [0.25, 0.3) is 0 Å². The van der Waals surface area contributed by atoms with Crippen molar-refractivity contribution in [2.45, 2.75) is 58.3 Å². The minimum atomic E-state index is -0.581. The van der Waals surface area contributed by atoms with Crippen molar-refractivity contribution < 1.29 is 13.9 Å². The largest absolute Gasteiger partial charge is 0.463 e. The molecule has 0 radical (unpaired) electrons. The van der Waals surface area contributed by atoms with Gasteiger partial charge in [0.05, 0.1) is 0 Å². The molecule has 0 aromatic rings. The summed E-state index contributed by atoms with van der Waals surface area (Å²) in [6.07, 6.45) is 8.69. The van der Waals surface area contributed by atoms with Gasteiger partial charge in [-0.05, 0) is 6.42 Å². The van der Waals surface area contributed by atoms with Crippen LogP contribution < -0.4 is 0 Å². The van der Waals surface area contributed by atoms with Gasteiger partial charge in [-0.2, -0.15) is 0 Å². The summed E-state index contributed by atoms with van der Waals surface area (Å²) in [6, 6.07) is 0. The fraction of sp³-hybridized carbons (Fsp3) is 0.917. The summed E-state index contributed by atoms with van der Waals surface area (Å²) >= 11 is 0. The monoisotopic (exact) mass is 218 g/mol. The molecule has 0 fully saturated rings. The number of halogens is 1. The predicted octanol–water partition coefficient (Wildman–Crippen LogP) is 3.64. The molecule has 0 aromatic heterocycles. The van der Waals surface area contributed by atoms with Crippen LogP contribution in [-0.4, -0.2) is 19.3 Å². The first-order valence-corrected chi connectivity index (χ1v) is 6.02. The zero-order valence-corrected chi connectivity index (χ0v) is 9.77. The minimum absolute atomic E-state index is 0.0880. The summed E-state index contributed by atoms with van der Waals surface area (Å²) in [4.78, 5) is 10.9. The van der Waals surface area contributed by atoms with E-state index >= 15 is 0 Å². The molecule has 0 aliphatic rings. The molecule has 0 N–H and O–H groups in total. The molecule has 0 heterocycles. The fourth-order valence-corrected chi connectivity index (χ4v) is 1.45. The second-order valence-corrected chi connectivity index (χ2v) is 3.78. The van der Waals surface area contributed by atoms with Gasteiger partial charge in [0.15, 0.2) is 0 Å². The van der Waals surface area contributed by atoms with E-state index in [1.807, 2.05) is 0 Å². The second-order valence-electron chi connectivity index (χ2n) is 3.78. The number of alkyl halides is 1. The van der Waals surface area contributed by atoms with Crippen molar-refractivity contribution >= 4 is 5.97 Å². The molecule has 0 rings (SSSR count). The van der Waals surface area contributed by atoms with Crippen LogP contribution in [0.4, 0.5) is 4.39 Å². The Morgan fingerprint density at radius 2 is 1.67 bits per heavy atom. The summed E-state index contributed by atoms with van der Waals surface area (Å²) in [5, 5.41) is 0. The average Bonchev–Trinajstić information content (AvgIpc) is 2.25. The van der Waals surface area contributed by atoms with Crippen molar-refractivity contribution in [3.05, 3.63) is 0 Å². The zero-order chi connectivity index (χ0) is 11.4. The van der Waals surface area contributed by atoms with Crippen molar-refractivity contribution in [1.29, 1.82) is 0 Å². The van der Waals surface area contributed by atoms with Crippen LogP contribution in [0.2, 0.25) is 0 Å². The molecule has 0 bridgehead atoms. The molecule has 90 valence electrons. The molecule has 0 saturated carbocycles. The van der Waals surface area contributed by atoms with E-state index in [0.717, 1.165) is 12.8 Å². The van der Waals surface area contributed by atoms with E-state index in [4.69, 9.17) is 0 Å². The molecule has 0 unspecified atom stereocenters. The molecule has 0 aliphatic heterocycles. The van der Waals surface area contributed by atoms with Crippen molar-refractivity contribution in [3.8, 4) is 0 Å². The van der Waals surface area contributed by atoms with Crippen molar-refractivity contribution in [1.82, 2.24) is 0 Å². The average molecular weight is 218 g/mol. The highest BCUT2D eigenvalue weighted by Gasteiger charge is 2.01. The van der Waals surface area contributed by atoms with Crippen LogP contribution in [0, 0.1) is 0 Å². The lowest BCUT2D eigenvalue weighted by Crippen LogP contribution is -2.06. The van der Waals surface area contributed by atoms with Crippen LogP contribution >= 0.6 is 0 Å². The molecule has 0 aliphatic carbocycles. The number of ether oxygens (including phenoxy) is 1. The lowest BCUT2D eigenvalue weighted by Gasteiger charge is -2.02. The van der Waals surface area contributed by atoms with Gasteiger partial charge in [-0.25, -0.2) is 4.39 Å².